The van der Waals surface area contributed by atoms with Crippen LogP contribution in [-0.2, 0) is 0 Å². The van der Waals surface area contributed by atoms with Crippen LogP contribution in [0.1, 0.15) is 6.42 Å². The molecular formula is C6H12O3S. The quantitative estimate of drug-likeness (QED) is 0.500. The van der Waals surface area contributed by atoms with E-state index in [1.54, 1.807) is 0 Å². The van der Waals surface area contributed by atoms with Crippen molar-refractivity contribution in [1.82, 2.24) is 0 Å². The monoisotopic (exact) mass is 164 g/mol. The minimum absolute atomic E-state index is 0.0278. The summed E-state index contributed by atoms with van der Waals surface area (Å²) in [5.41, 5.74) is 0. The van der Waals surface area contributed by atoms with Crippen LogP contribution in [-0.4, -0.2) is 45.1 Å². The van der Waals surface area contributed by atoms with Crippen LogP contribution in [0.4, 0.5) is 0 Å². The molecule has 3 N–H and O–H groups in total. The van der Waals surface area contributed by atoms with Crippen LogP contribution < -0.4 is 0 Å². The summed E-state index contributed by atoms with van der Waals surface area (Å²) in [7, 11) is 0. The predicted molar refractivity (Wildman–Crippen MR) is 40.0 cm³/mol. The van der Waals surface area contributed by atoms with Gasteiger partial charge in [0.15, 0.2) is 0 Å². The van der Waals surface area contributed by atoms with Gasteiger partial charge in [-0.15, -0.1) is 0 Å². The van der Waals surface area contributed by atoms with Gasteiger partial charge in [0.05, 0.1) is 12.2 Å². The van der Waals surface area contributed by atoms with E-state index in [1.807, 2.05) is 0 Å². The Balaban J connectivity index is 2.33. The third-order valence-electron chi connectivity index (χ3n) is 1.67. The van der Waals surface area contributed by atoms with Crippen molar-refractivity contribution in [1.29, 1.82) is 0 Å². The summed E-state index contributed by atoms with van der Waals surface area (Å²) in [6.07, 6.45) is -0.665. The second-order valence-electron chi connectivity index (χ2n) is 2.44. The molecule has 0 unspecified atom stereocenters. The van der Waals surface area contributed by atoms with E-state index < -0.39 is 12.2 Å². The standard InChI is InChI=1S/C6H12O3S/c7-2-1-5-6(9)4(8)3-10-5/h4-9H,1-3H2/t4-,5+,6+/m0/s1. The highest BCUT2D eigenvalue weighted by molar-refractivity contribution is 8.00. The van der Waals surface area contributed by atoms with Gasteiger partial charge in [0.2, 0.25) is 0 Å². The largest absolute Gasteiger partial charge is 0.396 e. The maximum Gasteiger partial charge on any atom is 0.0926 e. The predicted octanol–water partition coefficient (Wildman–Crippen LogP) is -0.794. The first-order valence-corrected chi connectivity index (χ1v) is 4.39. The van der Waals surface area contributed by atoms with Crippen molar-refractivity contribution in [2.24, 2.45) is 0 Å². The minimum Gasteiger partial charge on any atom is -0.396 e. The summed E-state index contributed by atoms with van der Waals surface area (Å²) < 4.78 is 0. The fraction of sp³-hybridized carbons (Fsp3) is 1.00. The molecule has 0 aromatic heterocycles. The Bertz CT molecular complexity index is 107. The van der Waals surface area contributed by atoms with Crippen LogP contribution in [0.2, 0.25) is 0 Å². The minimum atomic E-state index is -0.642. The Morgan fingerprint density at radius 2 is 2.10 bits per heavy atom. The molecule has 1 fully saturated rings. The van der Waals surface area contributed by atoms with Crippen molar-refractivity contribution in [3.63, 3.8) is 0 Å². The van der Waals surface area contributed by atoms with Crippen LogP contribution >= 0.6 is 11.8 Å². The molecular weight excluding hydrogens is 152 g/mol. The fourth-order valence-electron chi connectivity index (χ4n) is 1.05. The van der Waals surface area contributed by atoms with Crippen molar-refractivity contribution in [2.75, 3.05) is 12.4 Å². The number of aliphatic hydroxyl groups is 3. The second-order valence-corrected chi connectivity index (χ2v) is 3.71. The number of aliphatic hydroxyl groups excluding tert-OH is 3. The Morgan fingerprint density at radius 1 is 1.40 bits per heavy atom. The normalized spacial score (nSPS) is 40.5. The van der Waals surface area contributed by atoms with Crippen molar-refractivity contribution < 1.29 is 15.3 Å². The smallest absolute Gasteiger partial charge is 0.0926 e. The lowest BCUT2D eigenvalue weighted by molar-refractivity contribution is 0.0382. The molecule has 0 amide bonds. The lowest BCUT2D eigenvalue weighted by Gasteiger charge is -2.12. The summed E-state index contributed by atoms with van der Waals surface area (Å²) >= 11 is 1.52. The van der Waals surface area contributed by atoms with Crippen LogP contribution in [0.3, 0.4) is 0 Å². The molecule has 0 aromatic rings. The van der Waals surface area contributed by atoms with E-state index in [0.717, 1.165) is 0 Å². The van der Waals surface area contributed by atoms with E-state index >= 15 is 0 Å². The van der Waals surface area contributed by atoms with Crippen LogP contribution in [0.5, 0.6) is 0 Å². The molecule has 0 aromatic carbocycles. The molecule has 0 saturated carbocycles. The van der Waals surface area contributed by atoms with Gasteiger partial charge in [-0.2, -0.15) is 11.8 Å². The summed E-state index contributed by atoms with van der Waals surface area (Å²) in [6, 6.07) is 0. The van der Waals surface area contributed by atoms with E-state index in [-0.39, 0.29) is 11.9 Å². The molecule has 10 heavy (non-hydrogen) atoms. The van der Waals surface area contributed by atoms with Crippen molar-refractivity contribution in [3.8, 4) is 0 Å². The first-order valence-electron chi connectivity index (χ1n) is 3.34. The number of thioether (sulfide) groups is 1. The lowest BCUT2D eigenvalue weighted by Crippen LogP contribution is -2.29. The summed E-state index contributed by atoms with van der Waals surface area (Å²) in [6.45, 7) is 0.0848. The highest BCUT2D eigenvalue weighted by Crippen LogP contribution is 2.29. The Hall–Kier alpha value is 0.230. The molecule has 0 aliphatic carbocycles. The van der Waals surface area contributed by atoms with Crippen LogP contribution in [0.25, 0.3) is 0 Å². The molecule has 3 nitrogen and oxygen atoms in total. The molecule has 1 aliphatic rings. The van der Waals surface area contributed by atoms with Gasteiger partial charge in [-0.25, -0.2) is 0 Å². The number of hydrogen-bond donors (Lipinski definition) is 3. The first kappa shape index (κ1) is 8.33. The van der Waals surface area contributed by atoms with Gasteiger partial charge in [-0.1, -0.05) is 0 Å². The van der Waals surface area contributed by atoms with E-state index in [2.05, 4.69) is 0 Å². The van der Waals surface area contributed by atoms with Gasteiger partial charge < -0.3 is 15.3 Å². The van der Waals surface area contributed by atoms with Gasteiger partial charge in [-0.3, -0.25) is 0 Å². The molecule has 4 heteroatoms. The van der Waals surface area contributed by atoms with Gasteiger partial charge in [0.25, 0.3) is 0 Å². The van der Waals surface area contributed by atoms with Crippen molar-refractivity contribution in [3.05, 3.63) is 0 Å². The maximum absolute atomic E-state index is 9.21. The van der Waals surface area contributed by atoms with Crippen molar-refractivity contribution >= 4 is 11.8 Å². The summed E-state index contributed by atoms with van der Waals surface area (Å²) in [5, 5.41) is 26.8. The van der Waals surface area contributed by atoms with Gasteiger partial charge in [0.1, 0.15) is 0 Å². The zero-order valence-corrected chi connectivity index (χ0v) is 6.42. The summed E-state index contributed by atoms with van der Waals surface area (Å²) in [5.74, 6) is 0.589. The Labute approximate surface area is 64.1 Å². The second kappa shape index (κ2) is 3.57. The molecule has 0 bridgehead atoms. The molecule has 60 valence electrons. The molecule has 1 heterocycles. The third kappa shape index (κ3) is 1.63. The van der Waals surface area contributed by atoms with Crippen LogP contribution in [0, 0.1) is 0 Å². The first-order chi connectivity index (χ1) is 4.75. The molecule has 0 radical (unpaired) electrons. The third-order valence-corrected chi connectivity index (χ3v) is 3.15. The highest BCUT2D eigenvalue weighted by atomic mass is 32.2. The highest BCUT2D eigenvalue weighted by Gasteiger charge is 2.33. The van der Waals surface area contributed by atoms with Crippen molar-refractivity contribution in [2.45, 2.75) is 23.9 Å². The zero-order valence-electron chi connectivity index (χ0n) is 5.60. The lowest BCUT2D eigenvalue weighted by atomic mass is 10.1. The topological polar surface area (TPSA) is 60.7 Å². The Morgan fingerprint density at radius 3 is 2.50 bits per heavy atom. The zero-order chi connectivity index (χ0) is 7.56. The van der Waals surface area contributed by atoms with E-state index in [1.165, 1.54) is 11.8 Å². The number of hydrogen-bond acceptors (Lipinski definition) is 4. The molecule has 0 spiro atoms. The number of rotatable bonds is 2. The van der Waals surface area contributed by atoms with E-state index in [4.69, 9.17) is 10.2 Å². The maximum atomic E-state index is 9.21. The van der Waals surface area contributed by atoms with Gasteiger partial charge in [0, 0.05) is 17.6 Å². The van der Waals surface area contributed by atoms with Gasteiger partial charge >= 0.3 is 0 Å². The fourth-order valence-corrected chi connectivity index (χ4v) is 2.34. The SMILES string of the molecule is OCC[C@H]1SC[C@H](O)[C@H]1O. The average Bonchev–Trinajstić information content (AvgIpc) is 2.20. The summed E-state index contributed by atoms with van der Waals surface area (Å²) in [4.78, 5) is 0. The van der Waals surface area contributed by atoms with E-state index in [0.29, 0.717) is 12.2 Å². The van der Waals surface area contributed by atoms with Gasteiger partial charge in [-0.05, 0) is 6.42 Å². The van der Waals surface area contributed by atoms with Crippen LogP contribution in [0.15, 0.2) is 0 Å². The molecule has 1 rings (SSSR count). The average molecular weight is 164 g/mol. The molecule has 1 saturated heterocycles. The van der Waals surface area contributed by atoms with E-state index in [9.17, 15) is 5.11 Å². The molecule has 3 atom stereocenters. The Kier molecular flexibility index (Phi) is 2.97. The molecule has 1 aliphatic heterocycles.